The van der Waals surface area contributed by atoms with E-state index < -0.39 is 0 Å². The standard InChI is InChI=1S/C16H24ClN3O/c17-14-2-1-3-15(12-14)19-6-8-20(9-7-19)16(13-18)4-10-21-11-5-16/h1-3,12H,4-11,13,18H2. The van der Waals surface area contributed by atoms with E-state index in [1.165, 1.54) is 5.69 Å². The molecule has 0 radical (unpaired) electrons. The van der Waals surface area contributed by atoms with Crippen molar-refractivity contribution in [2.75, 3.05) is 50.8 Å². The van der Waals surface area contributed by atoms with Gasteiger partial charge in [-0.3, -0.25) is 4.90 Å². The molecule has 0 amide bonds. The summed E-state index contributed by atoms with van der Waals surface area (Å²) in [5, 5.41) is 0.804. The van der Waals surface area contributed by atoms with Crippen molar-refractivity contribution in [1.29, 1.82) is 0 Å². The lowest BCUT2D eigenvalue weighted by Gasteiger charge is -2.49. The van der Waals surface area contributed by atoms with Crippen molar-refractivity contribution in [3.05, 3.63) is 29.3 Å². The largest absolute Gasteiger partial charge is 0.381 e. The summed E-state index contributed by atoms with van der Waals surface area (Å²) in [6.45, 7) is 6.59. The first-order chi connectivity index (χ1) is 10.2. The number of anilines is 1. The van der Waals surface area contributed by atoms with E-state index in [4.69, 9.17) is 22.1 Å². The molecule has 0 aromatic heterocycles. The topological polar surface area (TPSA) is 41.7 Å². The molecule has 21 heavy (non-hydrogen) atoms. The molecule has 5 heteroatoms. The number of hydrogen-bond acceptors (Lipinski definition) is 4. The Kier molecular flexibility index (Phi) is 4.69. The Bertz CT molecular complexity index is 468. The zero-order valence-corrected chi connectivity index (χ0v) is 13.2. The lowest BCUT2D eigenvalue weighted by molar-refractivity contribution is -0.0263. The zero-order valence-electron chi connectivity index (χ0n) is 12.4. The van der Waals surface area contributed by atoms with Gasteiger partial charge in [-0.05, 0) is 31.0 Å². The fraction of sp³-hybridized carbons (Fsp3) is 0.625. The van der Waals surface area contributed by atoms with Gasteiger partial charge in [0.1, 0.15) is 0 Å². The van der Waals surface area contributed by atoms with E-state index in [0.29, 0.717) is 0 Å². The quantitative estimate of drug-likeness (QED) is 0.927. The molecule has 3 rings (SSSR count). The predicted octanol–water partition coefficient (Wildman–Crippen LogP) is 1.97. The third kappa shape index (κ3) is 3.19. The molecule has 0 bridgehead atoms. The minimum absolute atomic E-state index is 0.151. The summed E-state index contributed by atoms with van der Waals surface area (Å²) in [6, 6.07) is 8.12. The average Bonchev–Trinajstić information content (AvgIpc) is 2.56. The van der Waals surface area contributed by atoms with Crippen LogP contribution in [0, 0.1) is 0 Å². The SMILES string of the molecule is NCC1(N2CCN(c3cccc(Cl)c3)CC2)CCOCC1. The molecular formula is C16H24ClN3O. The predicted molar refractivity (Wildman–Crippen MR) is 87.1 cm³/mol. The Morgan fingerprint density at radius 2 is 1.86 bits per heavy atom. The van der Waals surface area contributed by atoms with Gasteiger partial charge in [0.2, 0.25) is 0 Å². The van der Waals surface area contributed by atoms with Crippen molar-refractivity contribution < 1.29 is 4.74 Å². The first-order valence-corrected chi connectivity index (χ1v) is 8.15. The Balaban J connectivity index is 1.64. The van der Waals surface area contributed by atoms with Crippen LogP contribution in [0.4, 0.5) is 5.69 Å². The fourth-order valence-corrected chi connectivity index (χ4v) is 3.70. The van der Waals surface area contributed by atoms with Gasteiger partial charge in [0.25, 0.3) is 0 Å². The van der Waals surface area contributed by atoms with Gasteiger partial charge in [-0.2, -0.15) is 0 Å². The van der Waals surface area contributed by atoms with Crippen molar-refractivity contribution in [2.24, 2.45) is 5.73 Å². The van der Waals surface area contributed by atoms with Crippen LogP contribution in [-0.4, -0.2) is 56.4 Å². The maximum atomic E-state index is 6.11. The highest BCUT2D eigenvalue weighted by Gasteiger charge is 2.38. The highest BCUT2D eigenvalue weighted by molar-refractivity contribution is 6.30. The second kappa shape index (κ2) is 6.53. The summed E-state index contributed by atoms with van der Waals surface area (Å²) < 4.78 is 5.51. The Hall–Kier alpha value is -0.810. The van der Waals surface area contributed by atoms with Crippen molar-refractivity contribution in [1.82, 2.24) is 4.90 Å². The maximum Gasteiger partial charge on any atom is 0.0484 e. The van der Waals surface area contributed by atoms with Crippen LogP contribution in [0.15, 0.2) is 24.3 Å². The second-order valence-electron chi connectivity index (χ2n) is 5.99. The molecule has 2 aliphatic heterocycles. The monoisotopic (exact) mass is 309 g/mol. The van der Waals surface area contributed by atoms with Gasteiger partial charge in [-0.15, -0.1) is 0 Å². The van der Waals surface area contributed by atoms with E-state index in [-0.39, 0.29) is 5.54 Å². The number of nitrogens with two attached hydrogens (primary N) is 1. The number of piperazine rings is 1. The molecule has 0 unspecified atom stereocenters. The zero-order chi connectivity index (χ0) is 14.7. The molecule has 0 atom stereocenters. The van der Waals surface area contributed by atoms with Gasteiger partial charge in [-0.25, -0.2) is 0 Å². The molecule has 0 saturated carbocycles. The van der Waals surface area contributed by atoms with Crippen molar-refractivity contribution in [3.8, 4) is 0 Å². The highest BCUT2D eigenvalue weighted by atomic mass is 35.5. The molecular weight excluding hydrogens is 286 g/mol. The van der Waals surface area contributed by atoms with Crippen LogP contribution in [0.25, 0.3) is 0 Å². The Morgan fingerprint density at radius 1 is 1.14 bits per heavy atom. The van der Waals surface area contributed by atoms with Gasteiger partial charge in [-0.1, -0.05) is 17.7 Å². The van der Waals surface area contributed by atoms with Crippen LogP contribution in [0.3, 0.4) is 0 Å². The van der Waals surface area contributed by atoms with E-state index >= 15 is 0 Å². The van der Waals surface area contributed by atoms with Gasteiger partial charge < -0.3 is 15.4 Å². The van der Waals surface area contributed by atoms with Gasteiger partial charge in [0.15, 0.2) is 0 Å². The molecule has 2 N–H and O–H groups in total. The number of halogens is 1. The third-order valence-corrected chi connectivity index (χ3v) is 5.16. The molecule has 2 heterocycles. The van der Waals surface area contributed by atoms with Crippen molar-refractivity contribution >= 4 is 17.3 Å². The molecule has 116 valence electrons. The normalized spacial score (nSPS) is 23.2. The van der Waals surface area contributed by atoms with Crippen LogP contribution in [0.2, 0.25) is 5.02 Å². The average molecular weight is 310 g/mol. The number of ether oxygens (including phenoxy) is 1. The number of benzene rings is 1. The summed E-state index contributed by atoms with van der Waals surface area (Å²) in [5.41, 5.74) is 7.48. The van der Waals surface area contributed by atoms with E-state index in [9.17, 15) is 0 Å². The minimum atomic E-state index is 0.151. The second-order valence-corrected chi connectivity index (χ2v) is 6.43. The van der Waals surface area contributed by atoms with Crippen LogP contribution in [0.5, 0.6) is 0 Å². The summed E-state index contributed by atoms with van der Waals surface area (Å²) in [5.74, 6) is 0. The van der Waals surface area contributed by atoms with E-state index in [2.05, 4.69) is 15.9 Å². The lowest BCUT2D eigenvalue weighted by Crippen LogP contribution is -2.62. The number of nitrogens with zero attached hydrogens (tertiary/aromatic N) is 2. The first kappa shape index (κ1) is 15.1. The van der Waals surface area contributed by atoms with Crippen LogP contribution in [0.1, 0.15) is 12.8 Å². The first-order valence-electron chi connectivity index (χ1n) is 7.77. The number of rotatable bonds is 3. The summed E-state index contributed by atoms with van der Waals surface area (Å²) in [7, 11) is 0. The maximum absolute atomic E-state index is 6.11. The fourth-order valence-electron chi connectivity index (χ4n) is 3.51. The molecule has 2 fully saturated rings. The van der Waals surface area contributed by atoms with Gasteiger partial charge in [0, 0.05) is 62.2 Å². The third-order valence-electron chi connectivity index (χ3n) is 4.93. The summed E-state index contributed by atoms with van der Waals surface area (Å²) in [6.07, 6.45) is 2.11. The van der Waals surface area contributed by atoms with E-state index in [0.717, 1.165) is 63.8 Å². The number of hydrogen-bond donors (Lipinski definition) is 1. The van der Waals surface area contributed by atoms with Crippen molar-refractivity contribution in [2.45, 2.75) is 18.4 Å². The molecule has 1 aromatic carbocycles. The molecule has 2 aliphatic rings. The highest BCUT2D eigenvalue weighted by Crippen LogP contribution is 2.29. The summed E-state index contributed by atoms with van der Waals surface area (Å²) >= 11 is 6.09. The Morgan fingerprint density at radius 3 is 2.48 bits per heavy atom. The molecule has 2 saturated heterocycles. The van der Waals surface area contributed by atoms with Gasteiger partial charge in [0.05, 0.1) is 0 Å². The minimum Gasteiger partial charge on any atom is -0.381 e. The Labute approximate surface area is 131 Å². The van der Waals surface area contributed by atoms with E-state index in [1.54, 1.807) is 0 Å². The van der Waals surface area contributed by atoms with Gasteiger partial charge >= 0.3 is 0 Å². The van der Waals surface area contributed by atoms with Crippen molar-refractivity contribution in [3.63, 3.8) is 0 Å². The summed E-state index contributed by atoms with van der Waals surface area (Å²) in [4.78, 5) is 4.99. The van der Waals surface area contributed by atoms with Crippen LogP contribution in [-0.2, 0) is 4.74 Å². The van der Waals surface area contributed by atoms with E-state index in [1.807, 2.05) is 18.2 Å². The smallest absolute Gasteiger partial charge is 0.0484 e. The molecule has 0 aliphatic carbocycles. The molecule has 0 spiro atoms. The lowest BCUT2D eigenvalue weighted by atomic mass is 9.87. The molecule has 1 aromatic rings. The van der Waals surface area contributed by atoms with Crippen LogP contribution >= 0.6 is 11.6 Å². The molecule has 4 nitrogen and oxygen atoms in total. The van der Waals surface area contributed by atoms with Crippen LogP contribution < -0.4 is 10.6 Å².